The maximum atomic E-state index is 11.0. The number of methoxy groups -OCH3 is 1. The summed E-state index contributed by atoms with van der Waals surface area (Å²) in [6.07, 6.45) is 0.748. The van der Waals surface area contributed by atoms with Crippen LogP contribution in [0.4, 0.5) is 0 Å². The number of carbonyl (C=O) groups is 1. The molecule has 0 heterocycles. The van der Waals surface area contributed by atoms with Crippen molar-refractivity contribution in [1.82, 2.24) is 0 Å². The third-order valence-corrected chi connectivity index (χ3v) is 3.59. The Kier molecular flexibility index (Phi) is 5.04. The van der Waals surface area contributed by atoms with Crippen molar-refractivity contribution in [3.05, 3.63) is 57.0 Å². The van der Waals surface area contributed by atoms with Gasteiger partial charge in [0.2, 0.25) is 0 Å². The summed E-state index contributed by atoms with van der Waals surface area (Å²) in [5.41, 5.74) is 1.31. The van der Waals surface area contributed by atoms with Gasteiger partial charge in [0.05, 0.1) is 12.7 Å². The molecule has 2 rings (SSSR count). The van der Waals surface area contributed by atoms with E-state index < -0.39 is 0 Å². The zero-order valence-corrected chi connectivity index (χ0v) is 13.1. The average molecular weight is 356 g/mol. The van der Waals surface area contributed by atoms with Gasteiger partial charge >= 0.3 is 0 Å². The summed E-state index contributed by atoms with van der Waals surface area (Å²) in [6, 6.07) is 10.6. The lowest BCUT2D eigenvalue weighted by Crippen LogP contribution is -1.99. The Labute approximate surface area is 130 Å². The SMILES string of the molecule is COc1ccc(C=O)c(OCc2ccc(Br)cc2Cl)c1. The molecule has 0 aromatic heterocycles. The van der Waals surface area contributed by atoms with Crippen molar-refractivity contribution in [3.63, 3.8) is 0 Å². The molecule has 0 atom stereocenters. The van der Waals surface area contributed by atoms with Gasteiger partial charge in [0.25, 0.3) is 0 Å². The smallest absolute Gasteiger partial charge is 0.153 e. The molecule has 3 nitrogen and oxygen atoms in total. The van der Waals surface area contributed by atoms with Crippen molar-refractivity contribution in [2.45, 2.75) is 6.61 Å². The first kappa shape index (κ1) is 14.9. The first-order valence-corrected chi connectivity index (χ1v) is 7.01. The molecule has 0 unspecified atom stereocenters. The largest absolute Gasteiger partial charge is 0.497 e. The molecule has 0 fully saturated rings. The van der Waals surface area contributed by atoms with Crippen LogP contribution in [0.1, 0.15) is 15.9 Å². The van der Waals surface area contributed by atoms with E-state index in [0.717, 1.165) is 16.3 Å². The number of carbonyl (C=O) groups excluding carboxylic acids is 1. The first-order chi connectivity index (χ1) is 9.63. The van der Waals surface area contributed by atoms with Crippen LogP contribution in [0.5, 0.6) is 11.5 Å². The quantitative estimate of drug-likeness (QED) is 0.741. The molecule has 104 valence electrons. The molecule has 0 aliphatic heterocycles. The predicted molar refractivity (Wildman–Crippen MR) is 81.9 cm³/mol. The highest BCUT2D eigenvalue weighted by molar-refractivity contribution is 9.10. The topological polar surface area (TPSA) is 35.5 Å². The van der Waals surface area contributed by atoms with Crippen molar-refractivity contribution in [2.24, 2.45) is 0 Å². The fourth-order valence-electron chi connectivity index (χ4n) is 1.66. The van der Waals surface area contributed by atoms with Crippen molar-refractivity contribution < 1.29 is 14.3 Å². The van der Waals surface area contributed by atoms with E-state index in [4.69, 9.17) is 21.1 Å². The van der Waals surface area contributed by atoms with E-state index in [1.807, 2.05) is 12.1 Å². The summed E-state index contributed by atoms with van der Waals surface area (Å²) in [5.74, 6) is 1.10. The molecule has 5 heteroatoms. The van der Waals surface area contributed by atoms with Crippen molar-refractivity contribution in [2.75, 3.05) is 7.11 Å². The van der Waals surface area contributed by atoms with Gasteiger partial charge in [-0.25, -0.2) is 0 Å². The van der Waals surface area contributed by atoms with E-state index in [1.165, 1.54) is 0 Å². The van der Waals surface area contributed by atoms with Gasteiger partial charge in [-0.05, 0) is 24.3 Å². The van der Waals surface area contributed by atoms with Gasteiger partial charge in [-0.3, -0.25) is 4.79 Å². The number of halogens is 2. The zero-order chi connectivity index (χ0) is 14.5. The molecule has 0 bridgehead atoms. The lowest BCUT2D eigenvalue weighted by Gasteiger charge is -2.11. The second kappa shape index (κ2) is 6.77. The van der Waals surface area contributed by atoms with E-state index in [9.17, 15) is 4.79 Å². The van der Waals surface area contributed by atoms with Gasteiger partial charge in [-0.2, -0.15) is 0 Å². The summed E-state index contributed by atoms with van der Waals surface area (Å²) >= 11 is 9.47. The van der Waals surface area contributed by atoms with E-state index in [1.54, 1.807) is 31.4 Å². The summed E-state index contributed by atoms with van der Waals surface area (Å²) in [5, 5.41) is 0.606. The minimum Gasteiger partial charge on any atom is -0.497 e. The van der Waals surface area contributed by atoms with Gasteiger partial charge < -0.3 is 9.47 Å². The fraction of sp³-hybridized carbons (Fsp3) is 0.133. The van der Waals surface area contributed by atoms with Crippen molar-refractivity contribution in [3.8, 4) is 11.5 Å². The van der Waals surface area contributed by atoms with Crippen LogP contribution < -0.4 is 9.47 Å². The Balaban J connectivity index is 2.19. The first-order valence-electron chi connectivity index (χ1n) is 5.84. The average Bonchev–Trinajstić information content (AvgIpc) is 2.46. The van der Waals surface area contributed by atoms with Crippen LogP contribution in [0, 0.1) is 0 Å². The van der Waals surface area contributed by atoms with Crippen LogP contribution in [0.15, 0.2) is 40.9 Å². The predicted octanol–water partition coefficient (Wildman–Crippen LogP) is 4.50. The third-order valence-electron chi connectivity index (χ3n) is 2.75. The summed E-state index contributed by atoms with van der Waals surface area (Å²) < 4.78 is 11.7. The molecule has 0 saturated heterocycles. The molecule has 20 heavy (non-hydrogen) atoms. The molecule has 0 N–H and O–H groups in total. The molecule has 0 aliphatic carbocycles. The van der Waals surface area contributed by atoms with Crippen LogP contribution in [-0.4, -0.2) is 13.4 Å². The molecular weight excluding hydrogens is 344 g/mol. The Bertz CT molecular complexity index is 629. The van der Waals surface area contributed by atoms with Crippen LogP contribution in [-0.2, 0) is 6.61 Å². The van der Waals surface area contributed by atoms with Crippen molar-refractivity contribution >= 4 is 33.8 Å². The Morgan fingerprint density at radius 1 is 1.25 bits per heavy atom. The number of hydrogen-bond acceptors (Lipinski definition) is 3. The third kappa shape index (κ3) is 3.52. The van der Waals surface area contributed by atoms with Gasteiger partial charge in [0.15, 0.2) is 6.29 Å². The normalized spacial score (nSPS) is 10.2. The molecule has 0 aliphatic rings. The molecule has 0 radical (unpaired) electrons. The van der Waals surface area contributed by atoms with Crippen LogP contribution in [0.2, 0.25) is 5.02 Å². The Hall–Kier alpha value is -1.52. The highest BCUT2D eigenvalue weighted by Crippen LogP contribution is 2.26. The second-order valence-electron chi connectivity index (χ2n) is 4.05. The standard InChI is InChI=1S/C15H12BrClO3/c1-19-13-5-3-10(8-18)15(7-13)20-9-11-2-4-12(16)6-14(11)17/h2-8H,9H2,1H3. The van der Waals surface area contributed by atoms with Crippen LogP contribution in [0.25, 0.3) is 0 Å². The molecule has 0 saturated carbocycles. The molecule has 0 spiro atoms. The van der Waals surface area contributed by atoms with E-state index in [-0.39, 0.29) is 6.61 Å². The van der Waals surface area contributed by atoms with Crippen LogP contribution >= 0.6 is 27.5 Å². The fourth-order valence-corrected chi connectivity index (χ4v) is 2.39. The summed E-state index contributed by atoms with van der Waals surface area (Å²) in [7, 11) is 1.56. The highest BCUT2D eigenvalue weighted by Gasteiger charge is 2.07. The lowest BCUT2D eigenvalue weighted by molar-refractivity contribution is 0.111. The molecule has 2 aromatic carbocycles. The van der Waals surface area contributed by atoms with E-state index in [2.05, 4.69) is 15.9 Å². The van der Waals surface area contributed by atoms with Gasteiger partial charge in [0, 0.05) is 21.1 Å². The number of aldehydes is 1. The molecule has 2 aromatic rings. The zero-order valence-electron chi connectivity index (χ0n) is 10.7. The number of ether oxygens (including phenoxy) is 2. The van der Waals surface area contributed by atoms with Gasteiger partial charge in [0.1, 0.15) is 18.1 Å². The second-order valence-corrected chi connectivity index (χ2v) is 5.37. The van der Waals surface area contributed by atoms with E-state index in [0.29, 0.717) is 22.1 Å². The van der Waals surface area contributed by atoms with Gasteiger partial charge in [-0.1, -0.05) is 33.6 Å². The maximum Gasteiger partial charge on any atom is 0.153 e. The number of benzene rings is 2. The van der Waals surface area contributed by atoms with Gasteiger partial charge in [-0.15, -0.1) is 0 Å². The Morgan fingerprint density at radius 3 is 2.70 bits per heavy atom. The summed E-state index contributed by atoms with van der Waals surface area (Å²) in [4.78, 5) is 11.0. The van der Waals surface area contributed by atoms with Crippen molar-refractivity contribution in [1.29, 1.82) is 0 Å². The minimum absolute atomic E-state index is 0.278. The number of rotatable bonds is 5. The maximum absolute atomic E-state index is 11.0. The van der Waals surface area contributed by atoms with Crippen LogP contribution in [0.3, 0.4) is 0 Å². The summed E-state index contributed by atoms with van der Waals surface area (Å²) in [6.45, 7) is 0.278. The van der Waals surface area contributed by atoms with E-state index >= 15 is 0 Å². The molecular formula is C15H12BrClO3. The minimum atomic E-state index is 0.278. The molecule has 0 amide bonds. The monoisotopic (exact) mass is 354 g/mol. The highest BCUT2D eigenvalue weighted by atomic mass is 79.9. The lowest BCUT2D eigenvalue weighted by atomic mass is 10.2. The Morgan fingerprint density at radius 2 is 2.05 bits per heavy atom. The number of hydrogen-bond donors (Lipinski definition) is 0.